The Morgan fingerprint density at radius 1 is 1.03 bits per heavy atom. The van der Waals surface area contributed by atoms with Gasteiger partial charge in [0, 0.05) is 11.3 Å². The molecule has 1 amide bonds. The van der Waals surface area contributed by atoms with E-state index < -0.39 is 17.8 Å². The molecule has 33 heavy (non-hydrogen) atoms. The fraction of sp³-hybridized carbons (Fsp3) is 0.174. The van der Waals surface area contributed by atoms with Crippen LogP contribution in [0.5, 0.6) is 0 Å². The van der Waals surface area contributed by atoms with Crippen LogP contribution in [0.25, 0.3) is 16.9 Å². The second-order valence-corrected chi connectivity index (χ2v) is 8.49. The number of benzene rings is 2. The topological polar surface area (TPSA) is 59.3 Å². The maximum atomic E-state index is 13.8. The zero-order valence-electron chi connectivity index (χ0n) is 17.4. The molecule has 4 rings (SSSR count). The van der Waals surface area contributed by atoms with E-state index in [2.05, 4.69) is 15.4 Å². The monoisotopic (exact) mass is 492 g/mol. The van der Waals surface area contributed by atoms with Gasteiger partial charge in [0.15, 0.2) is 11.3 Å². The molecule has 2 aromatic carbocycles. The highest BCUT2D eigenvalue weighted by molar-refractivity contribution is 6.42. The normalized spacial score (nSPS) is 11.9. The van der Waals surface area contributed by atoms with Crippen LogP contribution in [0.4, 0.5) is 18.9 Å². The summed E-state index contributed by atoms with van der Waals surface area (Å²) in [6.45, 7) is 4.04. The number of halogens is 5. The van der Waals surface area contributed by atoms with Crippen molar-refractivity contribution in [3.8, 4) is 11.3 Å². The van der Waals surface area contributed by atoms with E-state index in [0.29, 0.717) is 20.8 Å². The molecular weight excluding hydrogens is 476 g/mol. The number of aromatic nitrogens is 3. The molecule has 0 saturated carbocycles. The quantitative estimate of drug-likeness (QED) is 0.330. The van der Waals surface area contributed by atoms with Gasteiger partial charge in [0.2, 0.25) is 0 Å². The minimum absolute atomic E-state index is 0.0780. The van der Waals surface area contributed by atoms with Gasteiger partial charge in [-0.2, -0.15) is 18.3 Å². The van der Waals surface area contributed by atoms with Gasteiger partial charge in [-0.05, 0) is 35.7 Å². The van der Waals surface area contributed by atoms with Gasteiger partial charge in [-0.3, -0.25) is 4.79 Å². The van der Waals surface area contributed by atoms with Gasteiger partial charge in [-0.1, -0.05) is 61.3 Å². The van der Waals surface area contributed by atoms with Gasteiger partial charge in [0.25, 0.3) is 5.91 Å². The van der Waals surface area contributed by atoms with Crippen molar-refractivity contribution >= 4 is 40.4 Å². The molecule has 2 aromatic heterocycles. The van der Waals surface area contributed by atoms with Gasteiger partial charge < -0.3 is 5.32 Å². The highest BCUT2D eigenvalue weighted by atomic mass is 35.5. The first-order valence-corrected chi connectivity index (χ1v) is 10.6. The standard InChI is InChI=1S/C23H17Cl2F3N4O/c1-12(2)13-3-5-14(6-4-13)19-10-20(23(26,27)28)32-21(31-19)16(11-29-32)22(33)30-15-7-8-17(24)18(25)9-15/h3-12H,1-2H3,(H,30,33). The number of nitrogens with zero attached hydrogens (tertiary/aromatic N) is 3. The van der Waals surface area contributed by atoms with Crippen molar-refractivity contribution in [2.45, 2.75) is 25.9 Å². The molecule has 0 spiro atoms. The van der Waals surface area contributed by atoms with E-state index in [-0.39, 0.29) is 27.8 Å². The van der Waals surface area contributed by atoms with Crippen LogP contribution in [-0.2, 0) is 6.18 Å². The number of fused-ring (bicyclic) bond motifs is 1. The van der Waals surface area contributed by atoms with Crippen LogP contribution < -0.4 is 5.32 Å². The maximum Gasteiger partial charge on any atom is 0.433 e. The number of hydrogen-bond donors (Lipinski definition) is 1. The van der Waals surface area contributed by atoms with E-state index in [1.807, 2.05) is 26.0 Å². The summed E-state index contributed by atoms with van der Waals surface area (Å²) in [4.78, 5) is 17.2. The van der Waals surface area contributed by atoms with Gasteiger partial charge in [0.1, 0.15) is 5.56 Å². The maximum absolute atomic E-state index is 13.8. The van der Waals surface area contributed by atoms with E-state index in [0.717, 1.165) is 17.8 Å². The van der Waals surface area contributed by atoms with Crippen molar-refractivity contribution in [3.05, 3.63) is 81.6 Å². The van der Waals surface area contributed by atoms with Gasteiger partial charge in [0.05, 0.1) is 21.9 Å². The van der Waals surface area contributed by atoms with Crippen LogP contribution in [0, 0.1) is 0 Å². The fourth-order valence-electron chi connectivity index (χ4n) is 3.28. The lowest BCUT2D eigenvalue weighted by Gasteiger charge is -2.12. The lowest BCUT2D eigenvalue weighted by Crippen LogP contribution is -2.15. The van der Waals surface area contributed by atoms with E-state index in [4.69, 9.17) is 23.2 Å². The molecule has 4 aromatic rings. The molecular formula is C23H17Cl2F3N4O. The minimum atomic E-state index is -4.71. The summed E-state index contributed by atoms with van der Waals surface area (Å²) >= 11 is 11.9. The Kier molecular flexibility index (Phi) is 6.07. The lowest BCUT2D eigenvalue weighted by atomic mass is 10.0. The number of amides is 1. The second kappa shape index (κ2) is 8.68. The molecule has 0 fully saturated rings. The first kappa shape index (κ1) is 23.1. The number of rotatable bonds is 4. The zero-order valence-corrected chi connectivity index (χ0v) is 18.9. The summed E-state index contributed by atoms with van der Waals surface area (Å²) in [6.07, 6.45) is -3.66. The summed E-state index contributed by atoms with van der Waals surface area (Å²) in [5, 5.41) is 6.89. The number of nitrogens with one attached hydrogen (secondary N) is 1. The van der Waals surface area contributed by atoms with Crippen LogP contribution in [-0.4, -0.2) is 20.5 Å². The molecule has 10 heteroatoms. The number of hydrogen-bond acceptors (Lipinski definition) is 3. The molecule has 5 nitrogen and oxygen atoms in total. The van der Waals surface area contributed by atoms with Crippen LogP contribution in [0.3, 0.4) is 0 Å². The lowest BCUT2D eigenvalue weighted by molar-refractivity contribution is -0.142. The molecule has 0 saturated heterocycles. The molecule has 1 N–H and O–H groups in total. The first-order chi connectivity index (χ1) is 15.5. The van der Waals surface area contributed by atoms with E-state index >= 15 is 0 Å². The molecule has 2 heterocycles. The predicted octanol–water partition coefficient (Wildman–Crippen LogP) is 7.10. The Morgan fingerprint density at radius 3 is 2.33 bits per heavy atom. The summed E-state index contributed by atoms with van der Waals surface area (Å²) in [6, 6.07) is 12.5. The van der Waals surface area contributed by atoms with Gasteiger partial charge in [-0.25, -0.2) is 9.50 Å². The van der Waals surface area contributed by atoms with Crippen molar-refractivity contribution in [3.63, 3.8) is 0 Å². The van der Waals surface area contributed by atoms with Crippen molar-refractivity contribution in [2.75, 3.05) is 5.32 Å². The average molecular weight is 493 g/mol. The summed E-state index contributed by atoms with van der Waals surface area (Å²) < 4.78 is 42.0. The molecule has 0 aliphatic heterocycles. The Labute approximate surface area is 197 Å². The highest BCUT2D eigenvalue weighted by Crippen LogP contribution is 2.33. The molecule has 0 atom stereocenters. The molecule has 0 aliphatic rings. The average Bonchev–Trinajstić information content (AvgIpc) is 3.19. The van der Waals surface area contributed by atoms with Crippen molar-refractivity contribution < 1.29 is 18.0 Å². The van der Waals surface area contributed by atoms with E-state index in [9.17, 15) is 18.0 Å². The zero-order chi connectivity index (χ0) is 23.9. The van der Waals surface area contributed by atoms with Crippen molar-refractivity contribution in [2.24, 2.45) is 0 Å². The molecule has 170 valence electrons. The van der Waals surface area contributed by atoms with Crippen LogP contribution in [0.15, 0.2) is 54.7 Å². The third-order valence-corrected chi connectivity index (χ3v) is 5.80. The van der Waals surface area contributed by atoms with E-state index in [1.54, 1.807) is 12.1 Å². The van der Waals surface area contributed by atoms with Crippen molar-refractivity contribution in [1.29, 1.82) is 0 Å². The SMILES string of the molecule is CC(C)c1ccc(-c2cc(C(F)(F)F)n3ncc(C(=O)Nc4ccc(Cl)c(Cl)c4)c3n2)cc1. The molecule has 0 unspecified atom stereocenters. The molecule has 0 radical (unpaired) electrons. The smallest absolute Gasteiger partial charge is 0.322 e. The molecule has 0 aliphatic carbocycles. The number of anilines is 1. The summed E-state index contributed by atoms with van der Waals surface area (Å²) in [5.41, 5.74) is 0.562. The van der Waals surface area contributed by atoms with E-state index in [1.165, 1.54) is 18.2 Å². The van der Waals surface area contributed by atoms with Gasteiger partial charge >= 0.3 is 6.18 Å². The van der Waals surface area contributed by atoms with Crippen LogP contribution >= 0.6 is 23.2 Å². The molecule has 0 bridgehead atoms. The highest BCUT2D eigenvalue weighted by Gasteiger charge is 2.36. The summed E-state index contributed by atoms with van der Waals surface area (Å²) in [7, 11) is 0. The summed E-state index contributed by atoms with van der Waals surface area (Å²) in [5.74, 6) is -0.414. The second-order valence-electron chi connectivity index (χ2n) is 7.68. The van der Waals surface area contributed by atoms with Crippen LogP contribution in [0.2, 0.25) is 10.0 Å². The van der Waals surface area contributed by atoms with Gasteiger partial charge in [-0.15, -0.1) is 0 Å². The Balaban J connectivity index is 1.80. The Morgan fingerprint density at radius 2 is 1.73 bits per heavy atom. The number of carbonyl (C=O) groups excluding carboxylic acids is 1. The number of alkyl halides is 3. The Hall–Kier alpha value is -3.10. The predicted molar refractivity (Wildman–Crippen MR) is 122 cm³/mol. The minimum Gasteiger partial charge on any atom is -0.322 e. The fourth-order valence-corrected chi connectivity index (χ4v) is 3.58. The third kappa shape index (κ3) is 4.67. The first-order valence-electron chi connectivity index (χ1n) is 9.87. The van der Waals surface area contributed by atoms with Crippen molar-refractivity contribution in [1.82, 2.24) is 14.6 Å². The third-order valence-electron chi connectivity index (χ3n) is 5.06. The Bertz CT molecular complexity index is 1350. The number of carbonyl (C=O) groups is 1. The van der Waals surface area contributed by atoms with Crippen LogP contribution in [0.1, 0.15) is 41.4 Å². The largest absolute Gasteiger partial charge is 0.433 e.